The molecule has 0 aliphatic heterocycles. The van der Waals surface area contributed by atoms with Gasteiger partial charge in [0.1, 0.15) is 5.69 Å². The van der Waals surface area contributed by atoms with Crippen LogP contribution < -0.4 is 10.6 Å². The van der Waals surface area contributed by atoms with E-state index < -0.39 is 11.9 Å². The topological polar surface area (TPSA) is 59.1 Å². The van der Waals surface area contributed by atoms with Crippen molar-refractivity contribution >= 4 is 11.9 Å². The lowest BCUT2D eigenvalue weighted by atomic mass is 10.1. The number of nitrogens with zero attached hydrogens (tertiary/aromatic N) is 2. The van der Waals surface area contributed by atoms with Crippen molar-refractivity contribution in [1.82, 2.24) is 15.3 Å². The van der Waals surface area contributed by atoms with Gasteiger partial charge < -0.3 is 10.1 Å². The van der Waals surface area contributed by atoms with Crippen molar-refractivity contribution in [2.45, 2.75) is 63.9 Å². The van der Waals surface area contributed by atoms with Gasteiger partial charge in [-0.3, -0.25) is 5.32 Å². The average Bonchev–Trinajstić information content (AvgIpc) is 2.92. The second kappa shape index (κ2) is 7.70. The SMILES string of the molecule is C=Cc1nc(C(F)(F)F)cnc1N[C@H]1CCC[C@@H]1NCOC(C)(C)C. The Balaban J connectivity index is 2.03. The zero-order valence-corrected chi connectivity index (χ0v) is 14.8. The number of ether oxygens (including phenoxy) is 1. The highest BCUT2D eigenvalue weighted by atomic mass is 19.4. The van der Waals surface area contributed by atoms with Crippen LogP contribution >= 0.6 is 0 Å². The molecule has 0 spiro atoms. The number of hydrogen-bond donors (Lipinski definition) is 2. The van der Waals surface area contributed by atoms with Gasteiger partial charge >= 0.3 is 6.18 Å². The Bertz CT molecular complexity index is 599. The fraction of sp³-hybridized carbons (Fsp3) is 0.647. The van der Waals surface area contributed by atoms with Crippen molar-refractivity contribution in [3.63, 3.8) is 0 Å². The Morgan fingerprint density at radius 3 is 2.56 bits per heavy atom. The third-order valence-electron chi connectivity index (χ3n) is 3.97. The van der Waals surface area contributed by atoms with Crippen molar-refractivity contribution in [3.8, 4) is 0 Å². The molecule has 0 radical (unpaired) electrons. The van der Waals surface area contributed by atoms with Crippen LogP contribution in [0.3, 0.4) is 0 Å². The lowest BCUT2D eigenvalue weighted by molar-refractivity contribution is -0.141. The van der Waals surface area contributed by atoms with Crippen LogP contribution in [0.4, 0.5) is 19.0 Å². The molecule has 5 nitrogen and oxygen atoms in total. The number of nitrogens with one attached hydrogen (secondary N) is 2. The molecule has 1 fully saturated rings. The summed E-state index contributed by atoms with van der Waals surface area (Å²) in [6.07, 6.45) is 0.378. The smallest absolute Gasteiger partial charge is 0.364 e. The molecular formula is C17H25F3N4O. The minimum atomic E-state index is -4.52. The number of aromatic nitrogens is 2. The minimum Gasteiger partial charge on any atom is -0.364 e. The van der Waals surface area contributed by atoms with Crippen LogP contribution in [-0.4, -0.2) is 34.4 Å². The number of rotatable bonds is 6. The molecule has 2 rings (SSSR count). The molecule has 1 saturated carbocycles. The Morgan fingerprint density at radius 2 is 1.96 bits per heavy atom. The summed E-state index contributed by atoms with van der Waals surface area (Å²) in [6, 6.07) is 0.206. The zero-order chi connectivity index (χ0) is 18.7. The summed E-state index contributed by atoms with van der Waals surface area (Å²) in [4.78, 5) is 7.52. The second-order valence-corrected chi connectivity index (χ2v) is 7.08. The van der Waals surface area contributed by atoms with Gasteiger partial charge in [-0.25, -0.2) is 9.97 Å². The van der Waals surface area contributed by atoms with E-state index in [0.717, 1.165) is 25.5 Å². The molecule has 2 atom stereocenters. The molecule has 0 unspecified atom stereocenters. The summed E-state index contributed by atoms with van der Waals surface area (Å²) < 4.78 is 44.0. The van der Waals surface area contributed by atoms with E-state index >= 15 is 0 Å². The summed E-state index contributed by atoms with van der Waals surface area (Å²) >= 11 is 0. The van der Waals surface area contributed by atoms with Gasteiger partial charge in [-0.15, -0.1) is 0 Å². The minimum absolute atomic E-state index is 0.0494. The molecular weight excluding hydrogens is 333 g/mol. The van der Waals surface area contributed by atoms with Crippen LogP contribution in [0.5, 0.6) is 0 Å². The van der Waals surface area contributed by atoms with E-state index in [1.807, 2.05) is 20.8 Å². The highest BCUT2D eigenvalue weighted by Gasteiger charge is 2.34. The first kappa shape index (κ1) is 19.7. The molecule has 2 N–H and O–H groups in total. The van der Waals surface area contributed by atoms with E-state index in [1.165, 1.54) is 6.08 Å². The summed E-state index contributed by atoms with van der Waals surface area (Å²) in [6.45, 7) is 9.89. The summed E-state index contributed by atoms with van der Waals surface area (Å²) in [5.41, 5.74) is -1.15. The van der Waals surface area contributed by atoms with Gasteiger partial charge in [0.25, 0.3) is 0 Å². The molecule has 140 valence electrons. The highest BCUT2D eigenvalue weighted by Crippen LogP contribution is 2.29. The first-order valence-electron chi connectivity index (χ1n) is 8.31. The Morgan fingerprint density at radius 1 is 1.28 bits per heavy atom. The van der Waals surface area contributed by atoms with Crippen molar-refractivity contribution < 1.29 is 17.9 Å². The molecule has 1 aliphatic carbocycles. The summed E-state index contributed by atoms with van der Waals surface area (Å²) in [5, 5.41) is 6.55. The van der Waals surface area contributed by atoms with Crippen LogP contribution in [0.25, 0.3) is 6.08 Å². The van der Waals surface area contributed by atoms with Crippen molar-refractivity contribution in [2.75, 3.05) is 12.0 Å². The maximum absolute atomic E-state index is 12.8. The van der Waals surface area contributed by atoms with Gasteiger partial charge in [0.05, 0.1) is 18.5 Å². The fourth-order valence-corrected chi connectivity index (χ4v) is 2.71. The van der Waals surface area contributed by atoms with Crippen LogP contribution in [0.2, 0.25) is 0 Å². The van der Waals surface area contributed by atoms with E-state index in [2.05, 4.69) is 27.2 Å². The Hall–Kier alpha value is -1.67. The van der Waals surface area contributed by atoms with Crippen LogP contribution in [0, 0.1) is 0 Å². The van der Waals surface area contributed by atoms with E-state index in [9.17, 15) is 13.2 Å². The zero-order valence-electron chi connectivity index (χ0n) is 14.8. The molecule has 0 aromatic carbocycles. The van der Waals surface area contributed by atoms with Crippen LogP contribution in [0.1, 0.15) is 51.4 Å². The molecule has 1 aromatic rings. The standard InChI is InChI=1S/C17H25F3N4O/c1-5-11-15(21-9-14(23-11)17(18,19)20)24-13-8-6-7-12(13)22-10-25-16(2,3)4/h5,9,12-13,22H,1,6-8,10H2,2-4H3,(H,21,24)/t12-,13-/m0/s1. The monoisotopic (exact) mass is 358 g/mol. The molecule has 0 saturated heterocycles. The Kier molecular flexibility index (Phi) is 6.05. The molecule has 1 aliphatic rings. The van der Waals surface area contributed by atoms with Gasteiger partial charge in [0, 0.05) is 12.1 Å². The molecule has 1 aromatic heterocycles. The van der Waals surface area contributed by atoms with Crippen LogP contribution in [-0.2, 0) is 10.9 Å². The lowest BCUT2D eigenvalue weighted by Gasteiger charge is -2.26. The average molecular weight is 358 g/mol. The predicted octanol–water partition coefficient (Wildman–Crippen LogP) is 3.83. The normalized spacial score (nSPS) is 21.4. The third kappa shape index (κ3) is 5.67. The van der Waals surface area contributed by atoms with Gasteiger partial charge in [0.15, 0.2) is 11.5 Å². The van der Waals surface area contributed by atoms with E-state index in [0.29, 0.717) is 12.5 Å². The van der Waals surface area contributed by atoms with Crippen molar-refractivity contribution in [2.24, 2.45) is 0 Å². The van der Waals surface area contributed by atoms with E-state index in [1.54, 1.807) is 0 Å². The summed E-state index contributed by atoms with van der Waals surface area (Å²) in [7, 11) is 0. The van der Waals surface area contributed by atoms with Gasteiger partial charge in [-0.05, 0) is 46.1 Å². The van der Waals surface area contributed by atoms with Crippen molar-refractivity contribution in [1.29, 1.82) is 0 Å². The predicted molar refractivity (Wildman–Crippen MR) is 91.0 cm³/mol. The molecule has 1 heterocycles. The van der Waals surface area contributed by atoms with Gasteiger partial charge in [-0.1, -0.05) is 6.58 Å². The number of anilines is 1. The molecule has 0 bridgehead atoms. The highest BCUT2D eigenvalue weighted by molar-refractivity contribution is 5.58. The van der Waals surface area contributed by atoms with Crippen LogP contribution in [0.15, 0.2) is 12.8 Å². The maximum atomic E-state index is 12.8. The fourth-order valence-electron chi connectivity index (χ4n) is 2.71. The van der Waals surface area contributed by atoms with Gasteiger partial charge in [-0.2, -0.15) is 13.2 Å². The third-order valence-corrected chi connectivity index (χ3v) is 3.97. The number of alkyl halides is 3. The van der Waals surface area contributed by atoms with Gasteiger partial charge in [0.2, 0.25) is 0 Å². The summed E-state index contributed by atoms with van der Waals surface area (Å²) in [5.74, 6) is 0.318. The molecule has 25 heavy (non-hydrogen) atoms. The Labute approximate surface area is 146 Å². The van der Waals surface area contributed by atoms with Crippen molar-refractivity contribution in [3.05, 3.63) is 24.2 Å². The maximum Gasteiger partial charge on any atom is 0.434 e. The lowest BCUT2D eigenvalue weighted by Crippen LogP contribution is -2.42. The number of hydrogen-bond acceptors (Lipinski definition) is 5. The van der Waals surface area contributed by atoms with E-state index in [4.69, 9.17) is 4.74 Å². The quantitative estimate of drug-likeness (QED) is 0.757. The molecule has 0 amide bonds. The second-order valence-electron chi connectivity index (χ2n) is 7.08. The first-order valence-corrected chi connectivity index (χ1v) is 8.31. The largest absolute Gasteiger partial charge is 0.434 e. The molecule has 8 heteroatoms. The first-order chi connectivity index (χ1) is 11.6. The number of halogens is 3. The van der Waals surface area contributed by atoms with E-state index in [-0.39, 0.29) is 23.4 Å².